The molecule has 0 radical (unpaired) electrons. The first kappa shape index (κ1) is 11.1. The molecule has 0 amide bonds. The van der Waals surface area contributed by atoms with E-state index >= 15 is 0 Å². The highest BCUT2D eigenvalue weighted by atomic mass is 19.1. The molecule has 3 heteroatoms. The van der Waals surface area contributed by atoms with Crippen molar-refractivity contribution in [2.75, 3.05) is 0 Å². The van der Waals surface area contributed by atoms with E-state index in [1.807, 2.05) is 6.92 Å². The van der Waals surface area contributed by atoms with Crippen LogP contribution < -0.4 is 0 Å². The fourth-order valence-electron chi connectivity index (χ4n) is 2.47. The summed E-state index contributed by atoms with van der Waals surface area (Å²) in [5.41, 5.74) is 0.505. The van der Waals surface area contributed by atoms with Crippen LogP contribution in [0.15, 0.2) is 24.3 Å². The first-order valence-electron chi connectivity index (χ1n) is 5.56. The summed E-state index contributed by atoms with van der Waals surface area (Å²) in [4.78, 5) is 11.1. The van der Waals surface area contributed by atoms with Gasteiger partial charge in [0, 0.05) is 0 Å². The molecule has 86 valence electrons. The molecule has 2 rings (SSSR count). The molecule has 1 aromatic rings. The molecule has 2 nitrogen and oxygen atoms in total. The van der Waals surface area contributed by atoms with Gasteiger partial charge in [0.25, 0.3) is 0 Å². The molecular weight excluding hydrogens is 207 g/mol. The van der Waals surface area contributed by atoms with Crippen molar-refractivity contribution < 1.29 is 14.3 Å². The molecular formula is C13H15FO2. The molecule has 0 atom stereocenters. The van der Waals surface area contributed by atoms with Gasteiger partial charge >= 0.3 is 5.97 Å². The van der Waals surface area contributed by atoms with Gasteiger partial charge < -0.3 is 5.11 Å². The van der Waals surface area contributed by atoms with Gasteiger partial charge in [-0.05, 0) is 42.9 Å². The molecule has 0 bridgehead atoms. The average molecular weight is 222 g/mol. The third kappa shape index (κ3) is 1.70. The van der Waals surface area contributed by atoms with Crippen LogP contribution in [0, 0.1) is 11.2 Å². The zero-order chi connectivity index (χ0) is 11.8. The number of hydrogen-bond acceptors (Lipinski definition) is 1. The second kappa shape index (κ2) is 3.89. The Hall–Kier alpha value is -1.38. The number of carboxylic acid groups (broad SMARTS) is 1. The summed E-state index contributed by atoms with van der Waals surface area (Å²) in [5.74, 6) is -0.673. The Labute approximate surface area is 94.1 Å². The second-order valence-corrected chi connectivity index (χ2v) is 4.60. The van der Waals surface area contributed by atoms with Gasteiger partial charge in [-0.1, -0.05) is 19.1 Å². The molecule has 1 saturated carbocycles. The molecule has 0 saturated heterocycles. The van der Waals surface area contributed by atoms with Crippen LogP contribution in [-0.4, -0.2) is 11.1 Å². The van der Waals surface area contributed by atoms with Gasteiger partial charge in [-0.2, -0.15) is 0 Å². The minimum Gasteiger partial charge on any atom is -0.481 e. The third-order valence-corrected chi connectivity index (χ3v) is 3.75. The molecule has 1 aliphatic carbocycles. The number of carbonyl (C=O) groups is 1. The van der Waals surface area contributed by atoms with Gasteiger partial charge in [0.2, 0.25) is 0 Å². The highest BCUT2D eigenvalue weighted by Crippen LogP contribution is 2.53. The van der Waals surface area contributed by atoms with Gasteiger partial charge in [-0.3, -0.25) is 4.79 Å². The summed E-state index contributed by atoms with van der Waals surface area (Å²) in [6, 6.07) is 6.37. The highest BCUT2D eigenvalue weighted by molar-refractivity contribution is 5.76. The van der Waals surface area contributed by atoms with Crippen LogP contribution >= 0.6 is 0 Å². The first-order chi connectivity index (χ1) is 7.57. The monoisotopic (exact) mass is 222 g/mol. The Bertz CT molecular complexity index is 391. The van der Waals surface area contributed by atoms with Crippen molar-refractivity contribution >= 4 is 5.97 Å². The van der Waals surface area contributed by atoms with E-state index in [4.69, 9.17) is 5.11 Å². The average Bonchev–Trinajstić information content (AvgIpc) is 2.19. The largest absolute Gasteiger partial charge is 0.481 e. The molecule has 1 aromatic carbocycles. The Morgan fingerprint density at radius 2 is 2.00 bits per heavy atom. The zero-order valence-electron chi connectivity index (χ0n) is 9.24. The SMILES string of the molecule is CCC1(C(=O)O)CC(c2ccc(F)cc2)C1. The fraction of sp³-hybridized carbons (Fsp3) is 0.462. The molecule has 0 spiro atoms. The van der Waals surface area contributed by atoms with E-state index in [0.717, 1.165) is 5.56 Å². The van der Waals surface area contributed by atoms with Gasteiger partial charge in [0.1, 0.15) is 5.82 Å². The molecule has 1 aliphatic rings. The molecule has 0 aliphatic heterocycles. The maximum absolute atomic E-state index is 12.7. The summed E-state index contributed by atoms with van der Waals surface area (Å²) < 4.78 is 12.7. The summed E-state index contributed by atoms with van der Waals surface area (Å²) in [7, 11) is 0. The van der Waals surface area contributed by atoms with Crippen molar-refractivity contribution in [1.29, 1.82) is 0 Å². The Morgan fingerprint density at radius 1 is 1.44 bits per heavy atom. The Kier molecular flexibility index (Phi) is 2.70. The lowest BCUT2D eigenvalue weighted by Crippen LogP contribution is -2.42. The first-order valence-corrected chi connectivity index (χ1v) is 5.56. The number of aliphatic carboxylic acids is 1. The molecule has 0 unspecified atom stereocenters. The maximum Gasteiger partial charge on any atom is 0.309 e. The number of halogens is 1. The topological polar surface area (TPSA) is 37.3 Å². The summed E-state index contributed by atoms with van der Waals surface area (Å²) >= 11 is 0. The van der Waals surface area contributed by atoms with Crippen molar-refractivity contribution in [1.82, 2.24) is 0 Å². The van der Waals surface area contributed by atoms with E-state index in [2.05, 4.69) is 0 Å². The van der Waals surface area contributed by atoms with Crippen molar-refractivity contribution in [2.24, 2.45) is 5.41 Å². The molecule has 16 heavy (non-hydrogen) atoms. The van der Waals surface area contributed by atoms with Crippen LogP contribution in [0.4, 0.5) is 4.39 Å². The second-order valence-electron chi connectivity index (χ2n) is 4.60. The number of rotatable bonds is 3. The zero-order valence-corrected chi connectivity index (χ0v) is 9.24. The third-order valence-electron chi connectivity index (χ3n) is 3.75. The van der Waals surface area contributed by atoms with E-state index in [9.17, 15) is 9.18 Å². The predicted octanol–water partition coefficient (Wildman–Crippen LogP) is 3.18. The number of benzene rings is 1. The lowest BCUT2D eigenvalue weighted by atomic mass is 9.59. The lowest BCUT2D eigenvalue weighted by Gasteiger charge is -2.44. The summed E-state index contributed by atoms with van der Waals surface area (Å²) in [6.45, 7) is 1.91. The van der Waals surface area contributed by atoms with Crippen LogP contribution in [0.1, 0.15) is 37.7 Å². The molecule has 0 aromatic heterocycles. The van der Waals surface area contributed by atoms with Crippen LogP contribution in [0.3, 0.4) is 0 Å². The van der Waals surface area contributed by atoms with Crippen molar-refractivity contribution in [3.63, 3.8) is 0 Å². The summed E-state index contributed by atoms with van der Waals surface area (Å²) in [6.07, 6.45) is 2.01. The van der Waals surface area contributed by atoms with E-state index in [1.165, 1.54) is 12.1 Å². The molecule has 1 N–H and O–H groups in total. The van der Waals surface area contributed by atoms with Crippen LogP contribution in [0.25, 0.3) is 0 Å². The van der Waals surface area contributed by atoms with Gasteiger partial charge in [0.05, 0.1) is 5.41 Å². The van der Waals surface area contributed by atoms with Gasteiger partial charge in [-0.25, -0.2) is 4.39 Å². The predicted molar refractivity (Wildman–Crippen MR) is 58.7 cm³/mol. The van der Waals surface area contributed by atoms with Crippen LogP contribution in [0.2, 0.25) is 0 Å². The fourth-order valence-corrected chi connectivity index (χ4v) is 2.47. The summed E-state index contributed by atoms with van der Waals surface area (Å²) in [5, 5.41) is 9.13. The normalized spacial score (nSPS) is 28.5. The van der Waals surface area contributed by atoms with Crippen molar-refractivity contribution in [3.8, 4) is 0 Å². The minimum atomic E-state index is -0.701. The number of carboxylic acids is 1. The van der Waals surface area contributed by atoms with Crippen molar-refractivity contribution in [3.05, 3.63) is 35.6 Å². The smallest absolute Gasteiger partial charge is 0.309 e. The Balaban J connectivity index is 2.07. The van der Waals surface area contributed by atoms with Gasteiger partial charge in [0.15, 0.2) is 0 Å². The standard InChI is InChI=1S/C13H15FO2/c1-2-13(12(15)16)7-10(8-13)9-3-5-11(14)6-4-9/h3-6,10H,2,7-8H2,1H3,(H,15,16). The molecule has 0 heterocycles. The van der Waals surface area contributed by atoms with E-state index < -0.39 is 11.4 Å². The number of hydrogen-bond donors (Lipinski definition) is 1. The highest BCUT2D eigenvalue weighted by Gasteiger charge is 2.49. The van der Waals surface area contributed by atoms with Crippen molar-refractivity contribution in [2.45, 2.75) is 32.1 Å². The quantitative estimate of drug-likeness (QED) is 0.852. The molecule has 1 fully saturated rings. The van der Waals surface area contributed by atoms with E-state index in [0.29, 0.717) is 19.3 Å². The maximum atomic E-state index is 12.7. The minimum absolute atomic E-state index is 0.247. The van der Waals surface area contributed by atoms with Gasteiger partial charge in [-0.15, -0.1) is 0 Å². The van der Waals surface area contributed by atoms with E-state index in [-0.39, 0.29) is 11.7 Å². The van der Waals surface area contributed by atoms with E-state index in [1.54, 1.807) is 12.1 Å². The van der Waals surface area contributed by atoms with Crippen LogP contribution in [-0.2, 0) is 4.79 Å². The Morgan fingerprint density at radius 3 is 2.44 bits per heavy atom. The van der Waals surface area contributed by atoms with Crippen LogP contribution in [0.5, 0.6) is 0 Å². The lowest BCUT2D eigenvalue weighted by molar-refractivity contribution is -0.156.